The first kappa shape index (κ1) is 23.0. The summed E-state index contributed by atoms with van der Waals surface area (Å²) in [6, 6.07) is 17.0. The van der Waals surface area contributed by atoms with Gasteiger partial charge in [0.2, 0.25) is 10.0 Å². The number of nitrogens with zero attached hydrogens (tertiary/aromatic N) is 1. The second-order valence-electron chi connectivity index (χ2n) is 6.57. The molecule has 4 N–H and O–H groups in total. The van der Waals surface area contributed by atoms with Crippen molar-refractivity contribution in [2.45, 2.75) is 33.9 Å². The maximum atomic E-state index is 11.5. The van der Waals surface area contributed by atoms with E-state index in [-0.39, 0.29) is 33.6 Å². The van der Waals surface area contributed by atoms with Crippen molar-refractivity contribution in [3.05, 3.63) is 60.2 Å². The predicted octanol–water partition coefficient (Wildman–Crippen LogP) is 2.94. The monoisotopic (exact) mass is 532 g/mol. The molecule has 6 nitrogen and oxygen atoms in total. The standard InChI is InChI=1S/C19H24N4O2S2.HI/c1-21-18(22-13-15-6-5-9-17(12-15)27(20,24)25)23-14-19(10-11-19)26-16-7-3-2-4-8-16;/h2-9,12H,10-11,13-14H2,1H3,(H2,20,24,25)(H2,21,22,23);1H. The topological polar surface area (TPSA) is 96.6 Å². The van der Waals surface area contributed by atoms with Gasteiger partial charge in [0.05, 0.1) is 4.90 Å². The molecule has 1 aliphatic carbocycles. The van der Waals surface area contributed by atoms with E-state index < -0.39 is 10.0 Å². The van der Waals surface area contributed by atoms with Crippen LogP contribution >= 0.6 is 35.7 Å². The number of aliphatic imine (C=N–C) groups is 1. The van der Waals surface area contributed by atoms with Crippen LogP contribution in [0.1, 0.15) is 18.4 Å². The Balaban J connectivity index is 0.00000280. The lowest BCUT2D eigenvalue weighted by molar-refractivity contribution is 0.597. The predicted molar refractivity (Wildman–Crippen MR) is 126 cm³/mol. The molecular weight excluding hydrogens is 507 g/mol. The first-order valence-electron chi connectivity index (χ1n) is 8.71. The lowest BCUT2D eigenvalue weighted by Crippen LogP contribution is -2.40. The Kier molecular flexibility index (Phi) is 8.17. The molecule has 2 aromatic rings. The fourth-order valence-corrected chi connectivity index (χ4v) is 4.50. The molecule has 1 fully saturated rings. The van der Waals surface area contributed by atoms with Gasteiger partial charge in [-0.15, -0.1) is 35.7 Å². The van der Waals surface area contributed by atoms with Gasteiger partial charge < -0.3 is 10.6 Å². The third kappa shape index (κ3) is 6.64. The summed E-state index contributed by atoms with van der Waals surface area (Å²) in [7, 11) is -1.97. The minimum Gasteiger partial charge on any atom is -0.355 e. The molecule has 152 valence electrons. The van der Waals surface area contributed by atoms with Crippen molar-refractivity contribution < 1.29 is 8.42 Å². The van der Waals surface area contributed by atoms with Crippen LogP contribution in [0.3, 0.4) is 0 Å². The van der Waals surface area contributed by atoms with E-state index in [0.717, 1.165) is 12.1 Å². The average Bonchev–Trinajstić information content (AvgIpc) is 3.42. The van der Waals surface area contributed by atoms with Crippen LogP contribution in [0, 0.1) is 0 Å². The zero-order chi connectivity index (χ0) is 19.3. The highest BCUT2D eigenvalue weighted by Crippen LogP contribution is 2.51. The minimum atomic E-state index is -3.70. The van der Waals surface area contributed by atoms with Gasteiger partial charge in [-0.2, -0.15) is 0 Å². The lowest BCUT2D eigenvalue weighted by Gasteiger charge is -2.18. The van der Waals surface area contributed by atoms with Crippen LogP contribution in [0.4, 0.5) is 0 Å². The van der Waals surface area contributed by atoms with Crippen molar-refractivity contribution in [1.29, 1.82) is 0 Å². The molecular formula is C19H25IN4O2S2. The molecule has 0 bridgehead atoms. The van der Waals surface area contributed by atoms with Gasteiger partial charge in [0.1, 0.15) is 0 Å². The Morgan fingerprint density at radius 1 is 1.14 bits per heavy atom. The van der Waals surface area contributed by atoms with Crippen LogP contribution in [0.25, 0.3) is 0 Å². The molecule has 9 heteroatoms. The van der Waals surface area contributed by atoms with Crippen molar-refractivity contribution in [1.82, 2.24) is 10.6 Å². The normalized spacial score (nSPS) is 15.4. The lowest BCUT2D eigenvalue weighted by atomic mass is 10.2. The summed E-state index contributed by atoms with van der Waals surface area (Å²) in [5, 5.41) is 11.8. The highest BCUT2D eigenvalue weighted by atomic mass is 127. The van der Waals surface area contributed by atoms with Crippen molar-refractivity contribution in [3.8, 4) is 0 Å². The number of guanidine groups is 1. The first-order valence-corrected chi connectivity index (χ1v) is 11.1. The molecule has 0 aromatic heterocycles. The van der Waals surface area contributed by atoms with E-state index in [2.05, 4.69) is 39.9 Å². The Hall–Kier alpha value is -1.30. The van der Waals surface area contributed by atoms with Crippen LogP contribution in [-0.2, 0) is 16.6 Å². The number of nitrogens with two attached hydrogens (primary N) is 1. The molecule has 2 aromatic carbocycles. The quantitative estimate of drug-likeness (QED) is 0.290. The number of thioether (sulfide) groups is 1. The fourth-order valence-electron chi connectivity index (χ4n) is 2.68. The number of hydrogen-bond donors (Lipinski definition) is 3. The third-order valence-electron chi connectivity index (χ3n) is 4.37. The minimum absolute atomic E-state index is 0. The van der Waals surface area contributed by atoms with Crippen LogP contribution in [0.5, 0.6) is 0 Å². The fraction of sp³-hybridized carbons (Fsp3) is 0.316. The second kappa shape index (κ2) is 9.95. The van der Waals surface area contributed by atoms with Crippen LogP contribution in [0.15, 0.2) is 69.4 Å². The number of hydrogen-bond acceptors (Lipinski definition) is 4. The molecule has 0 spiro atoms. The number of primary sulfonamides is 1. The third-order valence-corrected chi connectivity index (χ3v) is 6.78. The number of benzene rings is 2. The molecule has 0 unspecified atom stereocenters. The van der Waals surface area contributed by atoms with E-state index in [9.17, 15) is 8.42 Å². The Morgan fingerprint density at radius 3 is 2.46 bits per heavy atom. The molecule has 0 radical (unpaired) electrons. The highest BCUT2D eigenvalue weighted by Gasteiger charge is 2.43. The largest absolute Gasteiger partial charge is 0.355 e. The van der Waals surface area contributed by atoms with E-state index in [1.54, 1.807) is 19.2 Å². The first-order chi connectivity index (χ1) is 12.9. The Bertz CT molecular complexity index is 917. The molecule has 28 heavy (non-hydrogen) atoms. The zero-order valence-corrected chi connectivity index (χ0v) is 19.6. The van der Waals surface area contributed by atoms with Crippen molar-refractivity contribution in [2.24, 2.45) is 10.1 Å². The summed E-state index contributed by atoms with van der Waals surface area (Å²) in [6.45, 7) is 1.28. The van der Waals surface area contributed by atoms with Gasteiger partial charge in [-0.25, -0.2) is 13.6 Å². The van der Waals surface area contributed by atoms with Gasteiger partial charge in [0.15, 0.2) is 5.96 Å². The van der Waals surface area contributed by atoms with Gasteiger partial charge in [0, 0.05) is 29.8 Å². The Morgan fingerprint density at radius 2 is 1.86 bits per heavy atom. The van der Waals surface area contributed by atoms with Crippen molar-refractivity contribution in [2.75, 3.05) is 13.6 Å². The number of rotatable bonds is 7. The number of nitrogens with one attached hydrogen (secondary N) is 2. The summed E-state index contributed by atoms with van der Waals surface area (Å²) >= 11 is 1.90. The van der Waals surface area contributed by atoms with E-state index >= 15 is 0 Å². The van der Waals surface area contributed by atoms with E-state index in [0.29, 0.717) is 12.5 Å². The number of halogens is 1. The summed E-state index contributed by atoms with van der Waals surface area (Å²) in [4.78, 5) is 5.64. The molecule has 3 rings (SSSR count). The molecule has 0 saturated heterocycles. The highest BCUT2D eigenvalue weighted by molar-refractivity contribution is 14.0. The second-order valence-corrected chi connectivity index (χ2v) is 9.67. The molecule has 1 aliphatic rings. The van der Waals surface area contributed by atoms with Crippen molar-refractivity contribution >= 4 is 51.7 Å². The number of sulfonamides is 1. The Labute approximate surface area is 187 Å². The molecule has 1 saturated carbocycles. The maximum Gasteiger partial charge on any atom is 0.238 e. The van der Waals surface area contributed by atoms with E-state index in [4.69, 9.17) is 5.14 Å². The smallest absolute Gasteiger partial charge is 0.238 e. The van der Waals surface area contributed by atoms with Crippen LogP contribution in [-0.4, -0.2) is 32.7 Å². The summed E-state index contributed by atoms with van der Waals surface area (Å²) < 4.78 is 23.2. The average molecular weight is 532 g/mol. The SMILES string of the molecule is CN=C(NCc1cccc(S(N)(=O)=O)c1)NCC1(Sc2ccccc2)CC1.I. The van der Waals surface area contributed by atoms with Gasteiger partial charge in [-0.05, 0) is 42.7 Å². The maximum absolute atomic E-state index is 11.5. The molecule has 0 aliphatic heterocycles. The zero-order valence-electron chi connectivity index (χ0n) is 15.6. The van der Waals surface area contributed by atoms with Gasteiger partial charge >= 0.3 is 0 Å². The van der Waals surface area contributed by atoms with Crippen LogP contribution in [0.2, 0.25) is 0 Å². The summed E-state index contributed by atoms with van der Waals surface area (Å²) in [6.07, 6.45) is 2.35. The van der Waals surface area contributed by atoms with Crippen LogP contribution < -0.4 is 15.8 Å². The van der Waals surface area contributed by atoms with Gasteiger partial charge in [-0.3, -0.25) is 4.99 Å². The van der Waals surface area contributed by atoms with E-state index in [1.165, 1.54) is 23.8 Å². The summed E-state index contributed by atoms with van der Waals surface area (Å²) in [5.74, 6) is 0.691. The van der Waals surface area contributed by atoms with E-state index in [1.807, 2.05) is 23.9 Å². The molecule has 0 amide bonds. The van der Waals surface area contributed by atoms with Gasteiger partial charge in [0.25, 0.3) is 0 Å². The molecule has 0 heterocycles. The van der Waals surface area contributed by atoms with Crippen molar-refractivity contribution in [3.63, 3.8) is 0 Å². The van der Waals surface area contributed by atoms with Gasteiger partial charge in [-0.1, -0.05) is 30.3 Å². The summed E-state index contributed by atoms with van der Waals surface area (Å²) in [5.41, 5.74) is 0.823. The molecule has 0 atom stereocenters.